The summed E-state index contributed by atoms with van der Waals surface area (Å²) in [6.45, 7) is 3.13. The molecule has 0 N–H and O–H groups in total. The molecule has 23 heavy (non-hydrogen) atoms. The van der Waals surface area contributed by atoms with E-state index in [0.29, 0.717) is 16.8 Å². The standard InChI is InChI=1S/C17H18ClFN4/c18-15-11-16(21-17(20-15)12-5-6-12)23-9-7-22(8-10-23)14-4-2-1-3-13(14)19/h1-4,11-12H,5-10H2. The largest absolute Gasteiger partial charge is 0.366 e. The molecule has 2 heterocycles. The van der Waals surface area contributed by atoms with Crippen molar-refractivity contribution in [3.05, 3.63) is 47.1 Å². The van der Waals surface area contributed by atoms with Gasteiger partial charge in [0.15, 0.2) is 0 Å². The molecule has 2 fully saturated rings. The molecule has 4 rings (SSSR count). The lowest BCUT2D eigenvalue weighted by Crippen LogP contribution is -2.47. The van der Waals surface area contributed by atoms with E-state index in [2.05, 4.69) is 19.8 Å². The van der Waals surface area contributed by atoms with Crippen molar-refractivity contribution in [2.24, 2.45) is 0 Å². The second-order valence-corrected chi connectivity index (χ2v) is 6.49. The van der Waals surface area contributed by atoms with Crippen LogP contribution in [0.3, 0.4) is 0 Å². The third-order valence-corrected chi connectivity index (χ3v) is 4.63. The van der Waals surface area contributed by atoms with Gasteiger partial charge in [0, 0.05) is 38.2 Å². The van der Waals surface area contributed by atoms with E-state index in [-0.39, 0.29) is 5.82 Å². The molecule has 0 radical (unpaired) electrons. The van der Waals surface area contributed by atoms with E-state index in [1.165, 1.54) is 6.07 Å². The number of hydrogen-bond acceptors (Lipinski definition) is 4. The van der Waals surface area contributed by atoms with E-state index in [1.54, 1.807) is 6.07 Å². The normalized spacial score (nSPS) is 18.3. The third-order valence-electron chi connectivity index (χ3n) is 4.44. The average Bonchev–Trinajstić information content (AvgIpc) is 3.40. The van der Waals surface area contributed by atoms with Gasteiger partial charge in [-0.1, -0.05) is 23.7 Å². The van der Waals surface area contributed by atoms with Crippen LogP contribution in [0, 0.1) is 5.82 Å². The highest BCUT2D eigenvalue weighted by molar-refractivity contribution is 6.29. The highest BCUT2D eigenvalue weighted by atomic mass is 35.5. The van der Waals surface area contributed by atoms with Gasteiger partial charge in [0.25, 0.3) is 0 Å². The molecule has 1 aromatic carbocycles. The van der Waals surface area contributed by atoms with Gasteiger partial charge in [-0.05, 0) is 25.0 Å². The maximum atomic E-state index is 13.9. The first kappa shape index (κ1) is 14.7. The van der Waals surface area contributed by atoms with Crippen LogP contribution < -0.4 is 9.80 Å². The van der Waals surface area contributed by atoms with Crippen LogP contribution in [-0.2, 0) is 0 Å². The van der Waals surface area contributed by atoms with Crippen molar-refractivity contribution in [2.75, 3.05) is 36.0 Å². The fourth-order valence-corrected chi connectivity index (χ4v) is 3.18. The summed E-state index contributed by atoms with van der Waals surface area (Å²) in [7, 11) is 0. The van der Waals surface area contributed by atoms with Crippen molar-refractivity contribution in [1.82, 2.24) is 9.97 Å². The number of halogens is 2. The molecule has 2 aromatic rings. The summed E-state index contributed by atoms with van der Waals surface area (Å²) in [5, 5.41) is 0.508. The Balaban J connectivity index is 1.48. The first-order chi connectivity index (χ1) is 11.2. The van der Waals surface area contributed by atoms with Gasteiger partial charge >= 0.3 is 0 Å². The van der Waals surface area contributed by atoms with Crippen LogP contribution in [0.25, 0.3) is 0 Å². The Labute approximate surface area is 139 Å². The molecule has 1 aliphatic heterocycles. The molecule has 0 bridgehead atoms. The first-order valence-corrected chi connectivity index (χ1v) is 8.37. The van der Waals surface area contributed by atoms with E-state index in [1.807, 2.05) is 18.2 Å². The van der Waals surface area contributed by atoms with Crippen LogP contribution >= 0.6 is 11.6 Å². The Bertz CT molecular complexity index is 711. The number of aromatic nitrogens is 2. The summed E-state index contributed by atoms with van der Waals surface area (Å²) in [6.07, 6.45) is 2.31. The van der Waals surface area contributed by atoms with E-state index in [9.17, 15) is 4.39 Å². The van der Waals surface area contributed by atoms with E-state index in [4.69, 9.17) is 11.6 Å². The fraction of sp³-hybridized carbons (Fsp3) is 0.412. The van der Waals surface area contributed by atoms with Crippen molar-refractivity contribution in [3.8, 4) is 0 Å². The number of rotatable bonds is 3. The summed E-state index contributed by atoms with van der Waals surface area (Å²) in [4.78, 5) is 13.3. The maximum Gasteiger partial charge on any atom is 0.146 e. The average molecular weight is 333 g/mol. The molecule has 0 unspecified atom stereocenters. The van der Waals surface area contributed by atoms with Crippen molar-refractivity contribution < 1.29 is 4.39 Å². The zero-order valence-corrected chi connectivity index (χ0v) is 13.5. The molecule has 0 spiro atoms. The zero-order valence-electron chi connectivity index (χ0n) is 12.8. The quantitative estimate of drug-likeness (QED) is 0.806. The van der Waals surface area contributed by atoms with Crippen molar-refractivity contribution >= 4 is 23.1 Å². The van der Waals surface area contributed by atoms with Gasteiger partial charge in [-0.3, -0.25) is 0 Å². The Morgan fingerprint density at radius 2 is 1.70 bits per heavy atom. The second kappa shape index (κ2) is 5.96. The lowest BCUT2D eigenvalue weighted by atomic mass is 10.2. The number of hydrogen-bond donors (Lipinski definition) is 0. The molecule has 1 saturated heterocycles. The summed E-state index contributed by atoms with van der Waals surface area (Å²) in [6, 6.07) is 8.76. The number of piperazine rings is 1. The highest BCUT2D eigenvalue weighted by Gasteiger charge is 2.28. The Kier molecular flexibility index (Phi) is 3.81. The topological polar surface area (TPSA) is 32.3 Å². The summed E-state index contributed by atoms with van der Waals surface area (Å²) in [5.74, 6) is 2.07. The first-order valence-electron chi connectivity index (χ1n) is 7.99. The second-order valence-electron chi connectivity index (χ2n) is 6.11. The molecular formula is C17H18ClFN4. The van der Waals surface area contributed by atoms with Gasteiger partial charge in [0.05, 0.1) is 5.69 Å². The molecule has 120 valence electrons. The number of nitrogens with zero attached hydrogens (tertiary/aromatic N) is 4. The third kappa shape index (κ3) is 3.11. The van der Waals surface area contributed by atoms with Gasteiger partial charge in [-0.15, -0.1) is 0 Å². The van der Waals surface area contributed by atoms with Crippen LogP contribution in [0.4, 0.5) is 15.9 Å². The number of anilines is 2. The molecule has 1 aromatic heterocycles. The number of benzene rings is 1. The SMILES string of the molecule is Fc1ccccc1N1CCN(c2cc(Cl)nc(C3CC3)n2)CC1. The maximum absolute atomic E-state index is 13.9. The van der Waals surface area contributed by atoms with Gasteiger partial charge in [0.2, 0.25) is 0 Å². The summed E-state index contributed by atoms with van der Waals surface area (Å²) >= 11 is 6.15. The minimum absolute atomic E-state index is 0.165. The van der Waals surface area contributed by atoms with Gasteiger partial charge in [-0.25, -0.2) is 14.4 Å². The Morgan fingerprint density at radius 1 is 1.00 bits per heavy atom. The zero-order chi connectivity index (χ0) is 15.8. The van der Waals surface area contributed by atoms with E-state index >= 15 is 0 Å². The predicted molar refractivity (Wildman–Crippen MR) is 89.8 cm³/mol. The van der Waals surface area contributed by atoms with Crippen LogP contribution in [-0.4, -0.2) is 36.1 Å². The minimum atomic E-state index is -0.165. The molecule has 4 nitrogen and oxygen atoms in total. The molecule has 0 atom stereocenters. The lowest BCUT2D eigenvalue weighted by molar-refractivity contribution is 0.595. The van der Waals surface area contributed by atoms with Gasteiger partial charge < -0.3 is 9.80 Å². The van der Waals surface area contributed by atoms with Crippen LogP contribution in [0.15, 0.2) is 30.3 Å². The highest BCUT2D eigenvalue weighted by Crippen LogP contribution is 2.39. The smallest absolute Gasteiger partial charge is 0.146 e. The molecule has 1 aliphatic carbocycles. The minimum Gasteiger partial charge on any atom is -0.366 e. The molecule has 2 aliphatic rings. The summed E-state index contributed by atoms with van der Waals surface area (Å²) < 4.78 is 13.9. The fourth-order valence-electron chi connectivity index (χ4n) is 2.99. The van der Waals surface area contributed by atoms with Gasteiger partial charge in [0.1, 0.15) is 22.6 Å². The van der Waals surface area contributed by atoms with E-state index < -0.39 is 0 Å². The van der Waals surface area contributed by atoms with Crippen molar-refractivity contribution in [3.63, 3.8) is 0 Å². The van der Waals surface area contributed by atoms with E-state index in [0.717, 1.165) is 50.7 Å². The van der Waals surface area contributed by atoms with Crippen molar-refractivity contribution in [1.29, 1.82) is 0 Å². The van der Waals surface area contributed by atoms with Crippen LogP contribution in [0.1, 0.15) is 24.6 Å². The van der Waals surface area contributed by atoms with Gasteiger partial charge in [-0.2, -0.15) is 0 Å². The molecule has 1 saturated carbocycles. The molecular weight excluding hydrogens is 315 g/mol. The van der Waals surface area contributed by atoms with Crippen LogP contribution in [0.5, 0.6) is 0 Å². The lowest BCUT2D eigenvalue weighted by Gasteiger charge is -2.36. The van der Waals surface area contributed by atoms with Crippen molar-refractivity contribution in [2.45, 2.75) is 18.8 Å². The number of para-hydroxylation sites is 1. The monoisotopic (exact) mass is 332 g/mol. The Hall–Kier alpha value is -1.88. The van der Waals surface area contributed by atoms with Crippen LogP contribution in [0.2, 0.25) is 5.15 Å². The summed E-state index contributed by atoms with van der Waals surface area (Å²) in [5.41, 5.74) is 0.673. The predicted octanol–water partition coefficient (Wildman–Crippen LogP) is 3.47. The Morgan fingerprint density at radius 3 is 2.39 bits per heavy atom. The molecule has 0 amide bonds. The molecule has 6 heteroatoms.